The lowest BCUT2D eigenvalue weighted by Crippen LogP contribution is -2.39. The Kier molecular flexibility index (Phi) is 5.55. The molecular formula is C23H23N3O3. The smallest absolute Gasteiger partial charge is 0.321 e. The lowest BCUT2D eigenvalue weighted by molar-refractivity contribution is -0.139. The second-order valence-electron chi connectivity index (χ2n) is 7.10. The first kappa shape index (κ1) is 19.1. The van der Waals surface area contributed by atoms with E-state index in [1.807, 2.05) is 60.7 Å². The van der Waals surface area contributed by atoms with Crippen LogP contribution in [0.15, 0.2) is 60.7 Å². The second-order valence-corrected chi connectivity index (χ2v) is 7.10. The molecule has 0 bridgehead atoms. The van der Waals surface area contributed by atoms with Crippen molar-refractivity contribution in [2.75, 3.05) is 6.54 Å². The van der Waals surface area contributed by atoms with Gasteiger partial charge in [-0.15, -0.1) is 0 Å². The molecule has 0 radical (unpaired) electrons. The molecule has 0 aliphatic carbocycles. The first-order valence-electron chi connectivity index (χ1n) is 9.66. The van der Waals surface area contributed by atoms with Crippen LogP contribution in [0.5, 0.6) is 0 Å². The Morgan fingerprint density at radius 1 is 1.07 bits per heavy atom. The number of H-pyrrole nitrogens is 1. The highest BCUT2D eigenvalue weighted by Crippen LogP contribution is 2.27. The van der Waals surface area contributed by atoms with Crippen molar-refractivity contribution in [3.8, 4) is 0 Å². The van der Waals surface area contributed by atoms with Crippen molar-refractivity contribution in [3.63, 3.8) is 0 Å². The van der Waals surface area contributed by atoms with Crippen molar-refractivity contribution in [2.45, 2.75) is 25.5 Å². The number of carboxylic acids is 1. The summed E-state index contributed by atoms with van der Waals surface area (Å²) in [6.45, 7) is 0.331. The molecule has 0 saturated heterocycles. The van der Waals surface area contributed by atoms with Crippen molar-refractivity contribution in [3.05, 3.63) is 77.6 Å². The number of carboxylic acid groups (broad SMARTS) is 1. The van der Waals surface area contributed by atoms with Gasteiger partial charge in [0.15, 0.2) is 0 Å². The number of aromatic nitrogens is 2. The Morgan fingerprint density at radius 2 is 1.83 bits per heavy atom. The molecule has 2 aromatic heterocycles. The summed E-state index contributed by atoms with van der Waals surface area (Å²) in [6.07, 6.45) is 0.970. The number of nitrogens with one attached hydrogen (secondary N) is 2. The van der Waals surface area contributed by atoms with Crippen molar-refractivity contribution in [1.82, 2.24) is 15.3 Å². The average Bonchev–Trinajstić information content (AvgIpc) is 3.12. The number of rotatable bonds is 8. The Bertz CT molecular complexity index is 1140. The van der Waals surface area contributed by atoms with Gasteiger partial charge in [-0.3, -0.25) is 9.78 Å². The molecule has 148 valence electrons. The molecule has 6 nitrogen and oxygen atoms in total. The molecule has 2 aromatic carbocycles. The summed E-state index contributed by atoms with van der Waals surface area (Å²) in [5.41, 5.74) is 4.35. The topological polar surface area (TPSA) is 98.2 Å². The van der Waals surface area contributed by atoms with E-state index in [1.165, 1.54) is 0 Å². The molecular weight excluding hydrogens is 366 g/mol. The van der Waals surface area contributed by atoms with Crippen molar-refractivity contribution in [2.24, 2.45) is 0 Å². The second kappa shape index (κ2) is 8.43. The number of carbonyl (C=O) groups is 1. The van der Waals surface area contributed by atoms with E-state index in [0.717, 1.165) is 33.1 Å². The van der Waals surface area contributed by atoms with E-state index in [9.17, 15) is 15.0 Å². The molecule has 4 aromatic rings. The van der Waals surface area contributed by atoms with Crippen molar-refractivity contribution >= 4 is 27.8 Å². The zero-order chi connectivity index (χ0) is 20.2. The lowest BCUT2D eigenvalue weighted by atomic mass is 10.1. The van der Waals surface area contributed by atoms with Gasteiger partial charge in [-0.25, -0.2) is 0 Å². The Labute approximate surface area is 168 Å². The maximum Gasteiger partial charge on any atom is 0.321 e. The van der Waals surface area contributed by atoms with Crippen LogP contribution in [0.2, 0.25) is 0 Å². The normalized spacial score (nSPS) is 12.4. The number of hydrogen-bond donors (Lipinski definition) is 4. The van der Waals surface area contributed by atoms with E-state index >= 15 is 0 Å². The van der Waals surface area contributed by atoms with E-state index in [-0.39, 0.29) is 6.61 Å². The molecule has 0 aliphatic heterocycles. The fourth-order valence-electron chi connectivity index (χ4n) is 3.69. The molecule has 0 spiro atoms. The summed E-state index contributed by atoms with van der Waals surface area (Å²) in [5.74, 6) is -0.873. The van der Waals surface area contributed by atoms with Gasteiger partial charge in [0.1, 0.15) is 6.04 Å². The summed E-state index contributed by atoms with van der Waals surface area (Å²) in [6, 6.07) is 18.8. The van der Waals surface area contributed by atoms with E-state index in [0.29, 0.717) is 25.1 Å². The lowest BCUT2D eigenvalue weighted by Gasteiger charge is -2.15. The summed E-state index contributed by atoms with van der Waals surface area (Å²) < 4.78 is 0. The molecule has 2 heterocycles. The van der Waals surface area contributed by atoms with Crippen LogP contribution >= 0.6 is 0 Å². The molecule has 1 atom stereocenters. The summed E-state index contributed by atoms with van der Waals surface area (Å²) >= 11 is 0. The number of aliphatic hydroxyl groups excluding tert-OH is 1. The van der Waals surface area contributed by atoms with E-state index < -0.39 is 12.0 Å². The van der Waals surface area contributed by atoms with Gasteiger partial charge in [0, 0.05) is 29.3 Å². The zero-order valence-corrected chi connectivity index (χ0v) is 15.9. The Hall–Kier alpha value is -3.22. The first-order chi connectivity index (χ1) is 14.2. The number of para-hydroxylation sites is 1. The number of hydrogen-bond acceptors (Lipinski definition) is 4. The van der Waals surface area contributed by atoms with Gasteiger partial charge in [-0.1, -0.05) is 48.5 Å². The van der Waals surface area contributed by atoms with Gasteiger partial charge in [-0.2, -0.15) is 0 Å². The number of benzene rings is 2. The van der Waals surface area contributed by atoms with Gasteiger partial charge in [0.25, 0.3) is 0 Å². The molecule has 0 amide bonds. The summed E-state index contributed by atoms with van der Waals surface area (Å²) in [7, 11) is 0. The van der Waals surface area contributed by atoms with Gasteiger partial charge >= 0.3 is 5.97 Å². The van der Waals surface area contributed by atoms with E-state index in [4.69, 9.17) is 0 Å². The molecule has 0 unspecified atom stereocenters. The molecule has 6 heteroatoms. The molecule has 0 fully saturated rings. The minimum absolute atomic E-state index is 0.137. The highest BCUT2D eigenvalue weighted by molar-refractivity contribution is 6.07. The van der Waals surface area contributed by atoms with Crippen LogP contribution in [0.1, 0.15) is 17.0 Å². The monoisotopic (exact) mass is 389 g/mol. The number of aromatic amines is 1. The van der Waals surface area contributed by atoms with Crippen LogP contribution in [0.25, 0.3) is 21.8 Å². The average molecular weight is 389 g/mol. The summed E-state index contributed by atoms with van der Waals surface area (Å²) in [4.78, 5) is 19.6. The number of aliphatic hydroxyl groups is 1. The minimum atomic E-state index is -0.873. The first-order valence-corrected chi connectivity index (χ1v) is 9.66. The highest BCUT2D eigenvalue weighted by atomic mass is 16.4. The third kappa shape index (κ3) is 4.13. The fraction of sp³-hybridized carbons (Fsp3) is 0.217. The fourth-order valence-corrected chi connectivity index (χ4v) is 3.69. The zero-order valence-electron chi connectivity index (χ0n) is 15.9. The van der Waals surface area contributed by atoms with Gasteiger partial charge in [0.05, 0.1) is 23.5 Å². The number of pyridine rings is 1. The third-order valence-electron chi connectivity index (χ3n) is 5.12. The molecule has 0 aliphatic rings. The molecule has 4 N–H and O–H groups in total. The minimum Gasteiger partial charge on any atom is -0.480 e. The Morgan fingerprint density at radius 3 is 2.59 bits per heavy atom. The van der Waals surface area contributed by atoms with Crippen LogP contribution in [-0.4, -0.2) is 38.7 Å². The molecule has 4 rings (SSSR count). The largest absolute Gasteiger partial charge is 0.480 e. The number of fused-ring (bicyclic) bond motifs is 3. The van der Waals surface area contributed by atoms with Gasteiger partial charge < -0.3 is 20.5 Å². The van der Waals surface area contributed by atoms with Gasteiger partial charge in [0.2, 0.25) is 0 Å². The van der Waals surface area contributed by atoms with Crippen LogP contribution in [0.3, 0.4) is 0 Å². The predicted octanol–water partition coefficient (Wildman–Crippen LogP) is 3.04. The third-order valence-corrected chi connectivity index (χ3v) is 5.12. The van der Waals surface area contributed by atoms with Crippen LogP contribution < -0.4 is 5.32 Å². The summed E-state index contributed by atoms with van der Waals surface area (Å²) in [5, 5.41) is 24.4. The van der Waals surface area contributed by atoms with Gasteiger partial charge in [-0.05, 0) is 24.1 Å². The number of nitrogens with zero attached hydrogens (tertiary/aromatic N) is 1. The van der Waals surface area contributed by atoms with E-state index in [2.05, 4.69) is 15.3 Å². The maximum absolute atomic E-state index is 11.7. The van der Waals surface area contributed by atoms with Crippen LogP contribution in [-0.2, 0) is 24.2 Å². The Balaban J connectivity index is 1.55. The molecule has 29 heavy (non-hydrogen) atoms. The standard InChI is InChI=1S/C23H23N3O3/c27-14-16-13-18-17-8-4-5-9-19(17)26-22(18)20(25-16)10-11-24-21(23(28)29)12-15-6-2-1-3-7-15/h1-9,13,21,24,26-27H,10-12,14H2,(H,28,29)/t21-/m1/s1. The van der Waals surface area contributed by atoms with Crippen molar-refractivity contribution < 1.29 is 15.0 Å². The van der Waals surface area contributed by atoms with Crippen molar-refractivity contribution in [1.29, 1.82) is 0 Å². The predicted molar refractivity (Wildman–Crippen MR) is 113 cm³/mol. The SMILES string of the molecule is O=C(O)[C@@H](Cc1ccccc1)NCCc1nc(CO)cc2c1[nH]c1ccccc12. The quantitative estimate of drug-likeness (QED) is 0.371. The number of aliphatic carboxylic acids is 1. The van der Waals surface area contributed by atoms with Crippen LogP contribution in [0.4, 0.5) is 0 Å². The highest BCUT2D eigenvalue weighted by Gasteiger charge is 2.18. The molecule has 0 saturated carbocycles. The maximum atomic E-state index is 11.7. The van der Waals surface area contributed by atoms with E-state index in [1.54, 1.807) is 0 Å². The van der Waals surface area contributed by atoms with Crippen LogP contribution in [0, 0.1) is 0 Å².